The topological polar surface area (TPSA) is 54.9 Å². The van der Waals surface area contributed by atoms with E-state index < -0.39 is 0 Å². The molecule has 1 aromatic carbocycles. The number of fused-ring (bicyclic) bond motifs is 1. The number of carbonyl (C=O) groups is 1. The first-order valence-electron chi connectivity index (χ1n) is 6.09. The number of thiophene rings is 1. The van der Waals surface area contributed by atoms with E-state index in [2.05, 4.69) is 15.3 Å². The first-order valence-corrected chi connectivity index (χ1v) is 8.34. The minimum absolute atomic E-state index is 0.114. The Balaban J connectivity index is 1.66. The van der Waals surface area contributed by atoms with Crippen LogP contribution in [0, 0.1) is 0 Å². The van der Waals surface area contributed by atoms with Gasteiger partial charge in [-0.25, -0.2) is 9.97 Å². The number of anilines is 1. The molecule has 21 heavy (non-hydrogen) atoms. The SMILES string of the molecule is O=C(CSc1ncnc2ccsc12)Nc1ccccc1Cl. The summed E-state index contributed by atoms with van der Waals surface area (Å²) in [7, 11) is 0. The standard InChI is InChI=1S/C14H10ClN3OS2/c15-9-3-1-2-4-10(9)18-12(19)7-21-14-13-11(5-6-20-13)16-8-17-14/h1-6,8H,7H2,(H,18,19). The van der Waals surface area contributed by atoms with E-state index in [1.165, 1.54) is 18.1 Å². The second-order valence-electron chi connectivity index (χ2n) is 4.13. The molecule has 0 bridgehead atoms. The molecule has 7 heteroatoms. The summed E-state index contributed by atoms with van der Waals surface area (Å²) in [6.45, 7) is 0. The lowest BCUT2D eigenvalue weighted by molar-refractivity contribution is -0.113. The van der Waals surface area contributed by atoms with Crippen molar-refractivity contribution in [2.75, 3.05) is 11.1 Å². The fraction of sp³-hybridized carbons (Fsp3) is 0.0714. The molecule has 1 N–H and O–H groups in total. The number of para-hydroxylation sites is 1. The Morgan fingerprint density at radius 2 is 2.14 bits per heavy atom. The summed E-state index contributed by atoms with van der Waals surface area (Å²) < 4.78 is 1.01. The van der Waals surface area contributed by atoms with E-state index in [1.807, 2.05) is 23.6 Å². The summed E-state index contributed by atoms with van der Waals surface area (Å²) in [6, 6.07) is 9.10. The molecule has 1 amide bonds. The van der Waals surface area contributed by atoms with Gasteiger partial charge in [-0.3, -0.25) is 4.79 Å². The van der Waals surface area contributed by atoms with E-state index in [0.717, 1.165) is 15.2 Å². The van der Waals surface area contributed by atoms with Crippen molar-refractivity contribution < 1.29 is 4.79 Å². The number of carbonyl (C=O) groups excluding carboxylic acids is 1. The van der Waals surface area contributed by atoms with Gasteiger partial charge in [-0.05, 0) is 23.6 Å². The van der Waals surface area contributed by atoms with Gasteiger partial charge in [0.1, 0.15) is 11.4 Å². The second-order valence-corrected chi connectivity index (χ2v) is 6.42. The summed E-state index contributed by atoms with van der Waals surface area (Å²) in [4.78, 5) is 20.4. The summed E-state index contributed by atoms with van der Waals surface area (Å²) in [5, 5.41) is 6.11. The number of benzene rings is 1. The Morgan fingerprint density at radius 3 is 3.00 bits per heavy atom. The largest absolute Gasteiger partial charge is 0.324 e. The van der Waals surface area contributed by atoms with Crippen molar-refractivity contribution in [2.24, 2.45) is 0 Å². The maximum atomic E-state index is 12.0. The van der Waals surface area contributed by atoms with Crippen molar-refractivity contribution >= 4 is 56.5 Å². The monoisotopic (exact) mass is 335 g/mol. The van der Waals surface area contributed by atoms with Crippen molar-refractivity contribution in [1.29, 1.82) is 0 Å². The lowest BCUT2D eigenvalue weighted by Gasteiger charge is -2.06. The van der Waals surface area contributed by atoms with Crippen LogP contribution in [0.1, 0.15) is 0 Å². The Morgan fingerprint density at radius 1 is 1.29 bits per heavy atom. The lowest BCUT2D eigenvalue weighted by atomic mass is 10.3. The van der Waals surface area contributed by atoms with E-state index in [4.69, 9.17) is 11.6 Å². The summed E-state index contributed by atoms with van der Waals surface area (Å²) in [5.41, 5.74) is 1.53. The average Bonchev–Trinajstić information content (AvgIpc) is 2.96. The molecule has 0 radical (unpaired) electrons. The van der Waals surface area contributed by atoms with Crippen LogP contribution < -0.4 is 5.32 Å². The molecular formula is C14H10ClN3OS2. The normalized spacial score (nSPS) is 10.7. The van der Waals surface area contributed by atoms with Gasteiger partial charge in [0.05, 0.1) is 26.7 Å². The van der Waals surface area contributed by atoms with Crippen LogP contribution in [0.3, 0.4) is 0 Å². The Labute approximate surface area is 134 Å². The van der Waals surface area contributed by atoms with Crippen molar-refractivity contribution in [2.45, 2.75) is 5.03 Å². The Hall–Kier alpha value is -1.63. The maximum Gasteiger partial charge on any atom is 0.234 e. The van der Waals surface area contributed by atoms with Crippen LogP contribution in [0.4, 0.5) is 5.69 Å². The molecule has 0 saturated heterocycles. The zero-order chi connectivity index (χ0) is 14.7. The number of hydrogen-bond donors (Lipinski definition) is 1. The zero-order valence-electron chi connectivity index (χ0n) is 10.7. The third-order valence-corrected chi connectivity index (χ3v) is 5.06. The molecule has 106 valence electrons. The van der Waals surface area contributed by atoms with Crippen LogP contribution in [0.5, 0.6) is 0 Å². The minimum atomic E-state index is -0.114. The molecule has 0 aliphatic heterocycles. The molecule has 0 aliphatic carbocycles. The van der Waals surface area contributed by atoms with Gasteiger partial charge in [-0.15, -0.1) is 11.3 Å². The molecule has 2 aromatic heterocycles. The summed E-state index contributed by atoms with van der Waals surface area (Å²) >= 11 is 8.97. The van der Waals surface area contributed by atoms with Crippen molar-refractivity contribution in [3.8, 4) is 0 Å². The van der Waals surface area contributed by atoms with Gasteiger partial charge >= 0.3 is 0 Å². The van der Waals surface area contributed by atoms with E-state index in [0.29, 0.717) is 10.7 Å². The van der Waals surface area contributed by atoms with Crippen molar-refractivity contribution in [3.05, 3.63) is 47.1 Å². The maximum absolute atomic E-state index is 12.0. The van der Waals surface area contributed by atoms with Crippen LogP contribution >= 0.6 is 34.7 Å². The number of thioether (sulfide) groups is 1. The molecule has 0 fully saturated rings. The van der Waals surface area contributed by atoms with Crippen LogP contribution in [0.15, 0.2) is 47.1 Å². The van der Waals surface area contributed by atoms with Crippen molar-refractivity contribution in [1.82, 2.24) is 9.97 Å². The minimum Gasteiger partial charge on any atom is -0.324 e. The third-order valence-electron chi connectivity index (χ3n) is 2.70. The molecule has 2 heterocycles. The number of nitrogens with zero attached hydrogens (tertiary/aromatic N) is 2. The highest BCUT2D eigenvalue weighted by atomic mass is 35.5. The van der Waals surface area contributed by atoms with Crippen LogP contribution in [-0.4, -0.2) is 21.6 Å². The molecular weight excluding hydrogens is 326 g/mol. The quantitative estimate of drug-likeness (QED) is 0.576. The number of amides is 1. The lowest BCUT2D eigenvalue weighted by Crippen LogP contribution is -2.14. The fourth-order valence-electron chi connectivity index (χ4n) is 1.75. The number of hydrogen-bond acceptors (Lipinski definition) is 5. The smallest absolute Gasteiger partial charge is 0.234 e. The highest BCUT2D eigenvalue weighted by molar-refractivity contribution is 8.00. The van der Waals surface area contributed by atoms with Gasteiger partial charge in [-0.1, -0.05) is 35.5 Å². The van der Waals surface area contributed by atoms with Gasteiger partial charge in [0, 0.05) is 0 Å². The molecule has 0 aliphatic rings. The predicted octanol–water partition coefficient (Wildman–Crippen LogP) is 4.08. The Kier molecular flexibility index (Phi) is 4.38. The zero-order valence-corrected chi connectivity index (χ0v) is 13.1. The highest BCUT2D eigenvalue weighted by Crippen LogP contribution is 2.29. The van der Waals surface area contributed by atoms with Gasteiger partial charge in [0.25, 0.3) is 0 Å². The molecule has 3 rings (SSSR count). The number of aromatic nitrogens is 2. The molecule has 0 saturated carbocycles. The molecule has 0 spiro atoms. The second kappa shape index (κ2) is 6.43. The van der Waals surface area contributed by atoms with E-state index in [9.17, 15) is 4.79 Å². The van der Waals surface area contributed by atoms with Gasteiger partial charge in [0.2, 0.25) is 5.91 Å². The van der Waals surface area contributed by atoms with E-state index >= 15 is 0 Å². The van der Waals surface area contributed by atoms with E-state index in [1.54, 1.807) is 23.5 Å². The third kappa shape index (κ3) is 3.34. The molecule has 3 aromatic rings. The first kappa shape index (κ1) is 14.3. The van der Waals surface area contributed by atoms with Gasteiger partial charge in [0.15, 0.2) is 0 Å². The summed E-state index contributed by atoms with van der Waals surface area (Å²) in [6.07, 6.45) is 1.52. The van der Waals surface area contributed by atoms with Crippen LogP contribution in [0.2, 0.25) is 5.02 Å². The first-order chi connectivity index (χ1) is 10.2. The molecule has 0 atom stereocenters. The van der Waals surface area contributed by atoms with Crippen molar-refractivity contribution in [3.63, 3.8) is 0 Å². The van der Waals surface area contributed by atoms with Crippen LogP contribution in [0.25, 0.3) is 10.2 Å². The highest BCUT2D eigenvalue weighted by Gasteiger charge is 2.10. The van der Waals surface area contributed by atoms with Crippen LogP contribution in [-0.2, 0) is 4.79 Å². The average molecular weight is 336 g/mol. The predicted molar refractivity (Wildman–Crippen MR) is 88.2 cm³/mol. The Bertz CT molecular complexity index is 790. The molecule has 0 unspecified atom stereocenters. The molecule has 4 nitrogen and oxygen atoms in total. The van der Waals surface area contributed by atoms with Gasteiger partial charge in [-0.2, -0.15) is 0 Å². The number of halogens is 1. The van der Waals surface area contributed by atoms with E-state index in [-0.39, 0.29) is 11.7 Å². The summed E-state index contributed by atoms with van der Waals surface area (Å²) in [5.74, 6) is 0.159. The fourth-order valence-corrected chi connectivity index (χ4v) is 3.68. The number of rotatable bonds is 4. The van der Waals surface area contributed by atoms with Gasteiger partial charge < -0.3 is 5.32 Å². The number of nitrogens with one attached hydrogen (secondary N) is 1.